The molecular weight excluding hydrogens is 500 g/mol. The summed E-state index contributed by atoms with van der Waals surface area (Å²) in [6.45, 7) is 9.45. The summed E-state index contributed by atoms with van der Waals surface area (Å²) in [5, 5.41) is 2.84. The maximum Gasteiger partial charge on any atom is 0.408 e. The number of benzene rings is 2. The van der Waals surface area contributed by atoms with E-state index < -0.39 is 11.7 Å². The number of hydrogen-bond acceptors (Lipinski definition) is 5. The third-order valence-electron chi connectivity index (χ3n) is 5.74. The number of aromatic nitrogens is 4. The molecular formula is C29H39ClN6O2. The molecule has 4 aromatic rings. The Morgan fingerprint density at radius 1 is 0.842 bits per heavy atom. The van der Waals surface area contributed by atoms with Gasteiger partial charge in [0.2, 0.25) is 0 Å². The van der Waals surface area contributed by atoms with E-state index in [4.69, 9.17) is 10.5 Å². The van der Waals surface area contributed by atoms with Crippen LogP contribution >= 0.6 is 12.4 Å². The molecule has 9 heteroatoms. The van der Waals surface area contributed by atoms with Gasteiger partial charge in [-0.25, -0.2) is 14.8 Å². The van der Waals surface area contributed by atoms with Crippen LogP contribution in [-0.4, -0.2) is 30.8 Å². The van der Waals surface area contributed by atoms with E-state index in [1.54, 1.807) is 12.4 Å². The fraction of sp³-hybridized carbons (Fsp3) is 0.345. The second-order valence-corrected chi connectivity index (χ2v) is 10.1. The highest BCUT2D eigenvalue weighted by Gasteiger charge is 2.18. The first-order chi connectivity index (χ1) is 17.4. The zero-order valence-corrected chi connectivity index (χ0v) is 24.0. The fourth-order valence-corrected chi connectivity index (χ4v) is 3.71. The molecule has 0 saturated heterocycles. The van der Waals surface area contributed by atoms with Crippen molar-refractivity contribution in [3.05, 3.63) is 84.4 Å². The number of nitrogens with two attached hydrogens (primary N) is 1. The smallest absolute Gasteiger partial charge is 0.408 e. The largest absolute Gasteiger partial charge is 0.444 e. The molecule has 2 atom stereocenters. The Kier molecular flexibility index (Phi) is 10.7. The number of hydrogen-bond donors (Lipinski definition) is 2. The fourth-order valence-electron chi connectivity index (χ4n) is 3.71. The molecule has 3 N–H and O–H groups in total. The van der Waals surface area contributed by atoms with Crippen LogP contribution in [-0.2, 0) is 18.8 Å². The van der Waals surface area contributed by atoms with Crippen LogP contribution in [0.4, 0.5) is 4.79 Å². The number of nitrogens with zero attached hydrogens (tertiary/aromatic N) is 4. The highest BCUT2D eigenvalue weighted by atomic mass is 35.5. The van der Waals surface area contributed by atoms with Gasteiger partial charge in [-0.15, -0.1) is 12.4 Å². The maximum absolute atomic E-state index is 11.8. The Balaban J connectivity index is 0.000000277. The third-order valence-corrected chi connectivity index (χ3v) is 5.74. The van der Waals surface area contributed by atoms with E-state index in [1.807, 2.05) is 94.5 Å². The first-order valence-corrected chi connectivity index (χ1v) is 12.3. The van der Waals surface area contributed by atoms with E-state index in [1.165, 1.54) is 0 Å². The number of rotatable bonds is 5. The molecule has 8 nitrogen and oxygen atoms in total. The van der Waals surface area contributed by atoms with Crippen LogP contribution in [0.1, 0.15) is 57.8 Å². The number of ether oxygens (including phenoxy) is 1. The van der Waals surface area contributed by atoms with E-state index >= 15 is 0 Å². The van der Waals surface area contributed by atoms with Crippen molar-refractivity contribution in [1.29, 1.82) is 0 Å². The van der Waals surface area contributed by atoms with Gasteiger partial charge in [0.25, 0.3) is 0 Å². The Bertz CT molecular complexity index is 1290. The zero-order chi connectivity index (χ0) is 27.2. The molecule has 0 bridgehead atoms. The molecule has 4 rings (SSSR count). The number of aryl methyl sites for hydroxylation is 2. The van der Waals surface area contributed by atoms with Crippen molar-refractivity contribution >= 4 is 18.5 Å². The van der Waals surface area contributed by atoms with Crippen molar-refractivity contribution < 1.29 is 9.53 Å². The predicted octanol–water partition coefficient (Wildman–Crippen LogP) is 6.20. The average Bonchev–Trinajstić information content (AvgIpc) is 3.46. The van der Waals surface area contributed by atoms with Crippen molar-refractivity contribution in [2.45, 2.75) is 52.3 Å². The standard InChI is InChI=1S/C17H23N3O2.C12H15N3.ClH/c1-12(19-16(21)22-17(2,3)4)13-6-8-14(9-7-13)15-18-10-11-20(15)5;1-9(13)10-3-5-11(6-4-10)12-14-7-8-15(12)2;/h6-12H,1-5H3,(H,19,21);3-9H,13H2,1-2H3;1H/t12-;9-;/m00./s1. The van der Waals surface area contributed by atoms with E-state index in [9.17, 15) is 4.79 Å². The molecule has 204 valence electrons. The van der Waals surface area contributed by atoms with Gasteiger partial charge in [0.1, 0.15) is 17.2 Å². The Labute approximate surface area is 231 Å². The third kappa shape index (κ3) is 8.46. The van der Waals surface area contributed by atoms with Gasteiger partial charge in [-0.3, -0.25) is 0 Å². The van der Waals surface area contributed by atoms with Gasteiger partial charge in [0.05, 0.1) is 6.04 Å². The number of alkyl carbamates (subject to hydrolysis) is 1. The van der Waals surface area contributed by atoms with Crippen molar-refractivity contribution in [3.8, 4) is 22.8 Å². The van der Waals surface area contributed by atoms with Crippen molar-refractivity contribution in [2.75, 3.05) is 0 Å². The van der Waals surface area contributed by atoms with E-state index in [0.717, 1.165) is 33.9 Å². The lowest BCUT2D eigenvalue weighted by Crippen LogP contribution is -2.34. The molecule has 0 radical (unpaired) electrons. The highest BCUT2D eigenvalue weighted by Crippen LogP contribution is 2.21. The summed E-state index contributed by atoms with van der Waals surface area (Å²) in [4.78, 5) is 20.4. The number of nitrogens with one attached hydrogen (secondary N) is 1. The van der Waals surface area contributed by atoms with Gasteiger partial charge in [0.15, 0.2) is 0 Å². The first kappa shape index (κ1) is 30.6. The summed E-state index contributed by atoms with van der Waals surface area (Å²) in [5.74, 6) is 1.89. The molecule has 38 heavy (non-hydrogen) atoms. The lowest BCUT2D eigenvalue weighted by atomic mass is 10.1. The van der Waals surface area contributed by atoms with Gasteiger partial charge in [0, 0.05) is 56.1 Å². The molecule has 0 spiro atoms. The Hall–Kier alpha value is -3.62. The lowest BCUT2D eigenvalue weighted by Gasteiger charge is -2.22. The van der Waals surface area contributed by atoms with Crippen LogP contribution in [0.2, 0.25) is 0 Å². The molecule has 0 aliphatic carbocycles. The van der Waals surface area contributed by atoms with Gasteiger partial charge < -0.3 is 24.9 Å². The normalized spacial score (nSPS) is 12.4. The lowest BCUT2D eigenvalue weighted by molar-refractivity contribution is 0.0508. The number of amides is 1. The van der Waals surface area contributed by atoms with E-state index in [-0.39, 0.29) is 24.5 Å². The topological polar surface area (TPSA) is 100.0 Å². The second kappa shape index (κ2) is 13.3. The highest BCUT2D eigenvalue weighted by molar-refractivity contribution is 5.85. The van der Waals surface area contributed by atoms with Crippen LogP contribution < -0.4 is 11.1 Å². The summed E-state index contributed by atoms with van der Waals surface area (Å²) < 4.78 is 9.24. The average molecular weight is 539 g/mol. The van der Waals surface area contributed by atoms with Crippen molar-refractivity contribution in [2.24, 2.45) is 19.8 Å². The van der Waals surface area contributed by atoms with E-state index in [0.29, 0.717) is 0 Å². The summed E-state index contributed by atoms with van der Waals surface area (Å²) in [7, 11) is 3.95. The van der Waals surface area contributed by atoms with Gasteiger partial charge in [-0.2, -0.15) is 0 Å². The number of carbonyl (C=O) groups excluding carboxylic acids is 1. The van der Waals surface area contributed by atoms with Gasteiger partial charge in [-0.1, -0.05) is 48.5 Å². The molecule has 2 heterocycles. The van der Waals surface area contributed by atoms with Crippen LogP contribution in [0.3, 0.4) is 0 Å². The quantitative estimate of drug-likeness (QED) is 0.315. The minimum Gasteiger partial charge on any atom is -0.444 e. The maximum atomic E-state index is 11.8. The molecule has 2 aromatic heterocycles. The molecule has 0 aliphatic heterocycles. The van der Waals surface area contributed by atoms with Crippen LogP contribution in [0.15, 0.2) is 73.3 Å². The monoisotopic (exact) mass is 538 g/mol. The summed E-state index contributed by atoms with van der Waals surface area (Å²) in [5.41, 5.74) is 9.62. The number of carbonyl (C=O) groups is 1. The molecule has 0 fully saturated rings. The molecule has 0 aliphatic rings. The minimum atomic E-state index is -0.494. The number of halogens is 1. The molecule has 0 unspecified atom stereocenters. The van der Waals surface area contributed by atoms with Crippen molar-refractivity contribution in [1.82, 2.24) is 24.4 Å². The Morgan fingerprint density at radius 3 is 1.61 bits per heavy atom. The Morgan fingerprint density at radius 2 is 1.26 bits per heavy atom. The summed E-state index contributed by atoms with van der Waals surface area (Å²) >= 11 is 0. The molecule has 2 aromatic carbocycles. The first-order valence-electron chi connectivity index (χ1n) is 12.3. The molecule has 1 amide bonds. The zero-order valence-electron chi connectivity index (χ0n) is 23.2. The second-order valence-electron chi connectivity index (χ2n) is 10.1. The van der Waals surface area contributed by atoms with Gasteiger partial charge >= 0.3 is 6.09 Å². The van der Waals surface area contributed by atoms with Crippen LogP contribution in [0.25, 0.3) is 22.8 Å². The van der Waals surface area contributed by atoms with Crippen molar-refractivity contribution in [3.63, 3.8) is 0 Å². The predicted molar refractivity (Wildman–Crippen MR) is 155 cm³/mol. The summed E-state index contributed by atoms with van der Waals surface area (Å²) in [6.07, 6.45) is 7.02. The van der Waals surface area contributed by atoms with Crippen LogP contribution in [0, 0.1) is 0 Å². The van der Waals surface area contributed by atoms with Crippen LogP contribution in [0.5, 0.6) is 0 Å². The van der Waals surface area contributed by atoms with Gasteiger partial charge in [-0.05, 0) is 45.7 Å². The van der Waals surface area contributed by atoms with E-state index in [2.05, 4.69) is 39.6 Å². The molecule has 0 saturated carbocycles. The minimum absolute atomic E-state index is 0. The number of imidazole rings is 2. The SMILES string of the molecule is C[C@H](N)c1ccc(-c2nccn2C)cc1.C[C@H](NC(=O)OC(C)(C)C)c1ccc(-c2nccn2C)cc1.Cl. The summed E-state index contributed by atoms with van der Waals surface area (Å²) in [6, 6.07) is 16.2.